The lowest BCUT2D eigenvalue weighted by atomic mass is 9.97. The molecule has 1 saturated heterocycles. The highest BCUT2D eigenvalue weighted by Gasteiger charge is 2.16. The number of hydrogen-bond donors (Lipinski definition) is 2. The van der Waals surface area contributed by atoms with E-state index in [2.05, 4.69) is 22.6 Å². The van der Waals surface area contributed by atoms with Gasteiger partial charge in [-0.1, -0.05) is 12.1 Å². The molecule has 1 fully saturated rings. The summed E-state index contributed by atoms with van der Waals surface area (Å²) in [4.78, 5) is 14.2. The van der Waals surface area contributed by atoms with E-state index < -0.39 is 0 Å². The summed E-state index contributed by atoms with van der Waals surface area (Å²) in [5, 5.41) is 6.19. The molecule has 0 unspecified atom stereocenters. The van der Waals surface area contributed by atoms with Gasteiger partial charge in [0.25, 0.3) is 0 Å². The maximum Gasteiger partial charge on any atom is 0.238 e. The summed E-state index contributed by atoms with van der Waals surface area (Å²) in [6, 6.07) is 7.88. The maximum atomic E-state index is 11.8. The van der Waals surface area contributed by atoms with Gasteiger partial charge in [0.1, 0.15) is 0 Å². The van der Waals surface area contributed by atoms with Gasteiger partial charge < -0.3 is 15.5 Å². The average molecular weight is 275 g/mol. The molecule has 0 aliphatic carbocycles. The Morgan fingerprint density at radius 2 is 2.10 bits per heavy atom. The van der Waals surface area contributed by atoms with Crippen molar-refractivity contribution in [2.24, 2.45) is 5.92 Å². The number of likely N-dealkylation sites (tertiary alicyclic amines) is 1. The Labute approximate surface area is 121 Å². The summed E-state index contributed by atoms with van der Waals surface area (Å²) >= 11 is 0. The molecule has 0 radical (unpaired) electrons. The number of carbonyl (C=O) groups is 1. The Hall–Kier alpha value is -1.39. The highest BCUT2D eigenvalue weighted by atomic mass is 16.1. The van der Waals surface area contributed by atoms with Crippen LogP contribution >= 0.6 is 0 Å². The number of aryl methyl sites for hydroxylation is 1. The number of rotatable bonds is 5. The molecular weight excluding hydrogens is 250 g/mol. The van der Waals surface area contributed by atoms with Gasteiger partial charge in [-0.15, -0.1) is 0 Å². The van der Waals surface area contributed by atoms with Gasteiger partial charge in [-0.25, -0.2) is 0 Å². The third kappa shape index (κ3) is 4.94. The van der Waals surface area contributed by atoms with Crippen LogP contribution in [-0.4, -0.2) is 44.0 Å². The van der Waals surface area contributed by atoms with Crippen molar-refractivity contribution in [1.29, 1.82) is 0 Å². The largest absolute Gasteiger partial charge is 0.325 e. The first kappa shape index (κ1) is 15.0. The Morgan fingerprint density at radius 3 is 2.80 bits per heavy atom. The van der Waals surface area contributed by atoms with Crippen LogP contribution in [0.4, 0.5) is 5.69 Å². The van der Waals surface area contributed by atoms with E-state index >= 15 is 0 Å². The van der Waals surface area contributed by atoms with Gasteiger partial charge in [-0.2, -0.15) is 0 Å². The second-order valence-electron chi connectivity index (χ2n) is 5.80. The molecule has 110 valence electrons. The minimum atomic E-state index is 0.0310. The predicted octanol–water partition coefficient (Wildman–Crippen LogP) is 1.86. The molecule has 1 heterocycles. The Balaban J connectivity index is 1.65. The van der Waals surface area contributed by atoms with Crippen LogP contribution in [0.2, 0.25) is 0 Å². The molecule has 1 aliphatic heterocycles. The number of amides is 1. The van der Waals surface area contributed by atoms with Crippen LogP contribution in [0.25, 0.3) is 0 Å². The lowest BCUT2D eigenvalue weighted by Crippen LogP contribution is -2.37. The molecule has 4 nitrogen and oxygen atoms in total. The van der Waals surface area contributed by atoms with Gasteiger partial charge in [-0.05, 0) is 70.1 Å². The number of nitrogens with one attached hydrogen (secondary N) is 2. The number of piperidine rings is 1. The molecule has 1 aliphatic rings. The average Bonchev–Trinajstić information content (AvgIpc) is 2.41. The van der Waals surface area contributed by atoms with E-state index in [-0.39, 0.29) is 5.91 Å². The maximum absolute atomic E-state index is 11.8. The topological polar surface area (TPSA) is 44.4 Å². The van der Waals surface area contributed by atoms with Crippen molar-refractivity contribution in [2.75, 3.05) is 38.5 Å². The second kappa shape index (κ2) is 7.41. The van der Waals surface area contributed by atoms with E-state index in [0.717, 1.165) is 17.8 Å². The Kier molecular flexibility index (Phi) is 5.56. The smallest absolute Gasteiger partial charge is 0.238 e. The molecule has 2 N–H and O–H groups in total. The standard InChI is InChI=1S/C16H25N3O/c1-13-4-3-5-15(10-13)18-16(20)12-17-11-14-6-8-19(2)9-7-14/h3-5,10,14,17H,6-9,11-12H2,1-2H3,(H,18,20). The molecule has 1 amide bonds. The first-order valence-corrected chi connectivity index (χ1v) is 7.39. The number of benzene rings is 1. The summed E-state index contributed by atoms with van der Waals surface area (Å²) in [6.07, 6.45) is 2.45. The molecule has 4 heteroatoms. The number of hydrogen-bond acceptors (Lipinski definition) is 3. The van der Waals surface area contributed by atoms with E-state index in [1.54, 1.807) is 0 Å². The van der Waals surface area contributed by atoms with Crippen LogP contribution in [0, 0.1) is 12.8 Å². The SMILES string of the molecule is Cc1cccc(NC(=O)CNCC2CCN(C)CC2)c1. The van der Waals surface area contributed by atoms with Crippen molar-refractivity contribution in [1.82, 2.24) is 10.2 Å². The molecule has 0 saturated carbocycles. The zero-order chi connectivity index (χ0) is 14.4. The number of anilines is 1. The van der Waals surface area contributed by atoms with Crippen LogP contribution in [0.3, 0.4) is 0 Å². The lowest BCUT2D eigenvalue weighted by molar-refractivity contribution is -0.115. The van der Waals surface area contributed by atoms with E-state index in [4.69, 9.17) is 0 Å². The molecule has 1 aromatic carbocycles. The molecule has 0 spiro atoms. The van der Waals surface area contributed by atoms with Crippen LogP contribution in [0.1, 0.15) is 18.4 Å². The third-order valence-corrected chi connectivity index (χ3v) is 3.86. The van der Waals surface area contributed by atoms with Gasteiger partial charge >= 0.3 is 0 Å². The van der Waals surface area contributed by atoms with Crippen LogP contribution < -0.4 is 10.6 Å². The lowest BCUT2D eigenvalue weighted by Gasteiger charge is -2.28. The first-order chi connectivity index (χ1) is 9.63. The summed E-state index contributed by atoms with van der Waals surface area (Å²) < 4.78 is 0. The predicted molar refractivity (Wildman–Crippen MR) is 82.9 cm³/mol. The minimum absolute atomic E-state index is 0.0310. The highest BCUT2D eigenvalue weighted by molar-refractivity contribution is 5.92. The fourth-order valence-electron chi connectivity index (χ4n) is 2.58. The van der Waals surface area contributed by atoms with Crippen LogP contribution in [0.5, 0.6) is 0 Å². The summed E-state index contributed by atoms with van der Waals surface area (Å²) in [6.45, 7) is 5.69. The van der Waals surface area contributed by atoms with Gasteiger partial charge in [-0.3, -0.25) is 4.79 Å². The van der Waals surface area contributed by atoms with E-state index in [1.807, 2.05) is 31.2 Å². The van der Waals surface area contributed by atoms with Crippen molar-refractivity contribution >= 4 is 11.6 Å². The molecule has 0 atom stereocenters. The number of nitrogens with zero attached hydrogens (tertiary/aromatic N) is 1. The zero-order valence-electron chi connectivity index (χ0n) is 12.5. The van der Waals surface area contributed by atoms with Crippen LogP contribution in [0.15, 0.2) is 24.3 Å². The summed E-state index contributed by atoms with van der Waals surface area (Å²) in [5.74, 6) is 0.737. The van der Waals surface area contributed by atoms with Crippen molar-refractivity contribution < 1.29 is 4.79 Å². The second-order valence-corrected chi connectivity index (χ2v) is 5.80. The summed E-state index contributed by atoms with van der Waals surface area (Å²) in [5.41, 5.74) is 2.03. The van der Waals surface area contributed by atoms with Crippen LogP contribution in [-0.2, 0) is 4.79 Å². The van der Waals surface area contributed by atoms with Crippen molar-refractivity contribution in [3.05, 3.63) is 29.8 Å². The molecular formula is C16H25N3O. The molecule has 2 rings (SSSR count). The first-order valence-electron chi connectivity index (χ1n) is 7.39. The van der Waals surface area contributed by atoms with E-state index in [1.165, 1.54) is 25.9 Å². The van der Waals surface area contributed by atoms with E-state index in [0.29, 0.717) is 12.5 Å². The molecule has 20 heavy (non-hydrogen) atoms. The normalized spacial score (nSPS) is 17.1. The van der Waals surface area contributed by atoms with E-state index in [9.17, 15) is 4.79 Å². The molecule has 0 aromatic heterocycles. The fraction of sp³-hybridized carbons (Fsp3) is 0.562. The summed E-state index contributed by atoms with van der Waals surface area (Å²) in [7, 11) is 2.17. The van der Waals surface area contributed by atoms with Gasteiger partial charge in [0.15, 0.2) is 0 Å². The highest BCUT2D eigenvalue weighted by Crippen LogP contribution is 2.14. The van der Waals surface area contributed by atoms with Crippen molar-refractivity contribution in [2.45, 2.75) is 19.8 Å². The van der Waals surface area contributed by atoms with Crippen molar-refractivity contribution in [3.63, 3.8) is 0 Å². The quantitative estimate of drug-likeness (QED) is 0.862. The molecule has 1 aromatic rings. The minimum Gasteiger partial charge on any atom is -0.325 e. The van der Waals surface area contributed by atoms with Crippen molar-refractivity contribution in [3.8, 4) is 0 Å². The molecule has 0 bridgehead atoms. The van der Waals surface area contributed by atoms with Gasteiger partial charge in [0.2, 0.25) is 5.91 Å². The number of carbonyl (C=O) groups excluding carboxylic acids is 1. The Bertz CT molecular complexity index is 439. The van der Waals surface area contributed by atoms with Gasteiger partial charge in [0, 0.05) is 5.69 Å². The zero-order valence-corrected chi connectivity index (χ0v) is 12.5. The monoisotopic (exact) mass is 275 g/mol. The van der Waals surface area contributed by atoms with Gasteiger partial charge in [0.05, 0.1) is 6.54 Å². The fourth-order valence-corrected chi connectivity index (χ4v) is 2.58. The third-order valence-electron chi connectivity index (χ3n) is 3.86. The Morgan fingerprint density at radius 1 is 1.35 bits per heavy atom.